The Bertz CT molecular complexity index is 1080. The van der Waals surface area contributed by atoms with Crippen molar-refractivity contribution in [2.24, 2.45) is 0 Å². The van der Waals surface area contributed by atoms with Crippen molar-refractivity contribution >= 4 is 33.6 Å². The number of aryl methyl sites for hydroxylation is 2. The molecule has 9 heteroatoms. The van der Waals surface area contributed by atoms with Crippen LogP contribution in [0.2, 0.25) is 0 Å². The monoisotopic (exact) mass is 489 g/mol. The highest BCUT2D eigenvalue weighted by molar-refractivity contribution is 7.98. The van der Waals surface area contributed by atoms with Crippen molar-refractivity contribution in [3.8, 4) is 0 Å². The molecule has 1 atom stereocenters. The van der Waals surface area contributed by atoms with Crippen LogP contribution in [0.3, 0.4) is 0 Å². The summed E-state index contributed by atoms with van der Waals surface area (Å²) in [7, 11) is -3.60. The second-order valence-electron chi connectivity index (χ2n) is 8.22. The molecular formula is C24H31N3O4S2. The lowest BCUT2D eigenvalue weighted by Gasteiger charge is -2.36. The number of amides is 2. The summed E-state index contributed by atoms with van der Waals surface area (Å²) in [5, 5.41) is 2.89. The van der Waals surface area contributed by atoms with Gasteiger partial charge in [0.1, 0.15) is 6.04 Å². The first-order valence-electron chi connectivity index (χ1n) is 10.9. The fourth-order valence-corrected chi connectivity index (χ4v) is 5.64. The predicted octanol–water partition coefficient (Wildman–Crippen LogP) is 2.69. The Morgan fingerprint density at radius 3 is 2.27 bits per heavy atom. The summed E-state index contributed by atoms with van der Waals surface area (Å²) < 4.78 is 27.3. The van der Waals surface area contributed by atoms with Gasteiger partial charge in [0.15, 0.2) is 0 Å². The van der Waals surface area contributed by atoms with E-state index in [0.717, 1.165) is 16.9 Å². The molecule has 178 valence electrons. The average Bonchev–Trinajstić information content (AvgIpc) is 2.81. The third-order valence-electron chi connectivity index (χ3n) is 5.70. The lowest BCUT2D eigenvalue weighted by Crippen LogP contribution is -2.55. The van der Waals surface area contributed by atoms with E-state index in [1.807, 2.05) is 32.2 Å². The molecule has 2 aromatic rings. The average molecular weight is 490 g/mol. The predicted molar refractivity (Wildman–Crippen MR) is 132 cm³/mol. The molecule has 33 heavy (non-hydrogen) atoms. The van der Waals surface area contributed by atoms with Gasteiger partial charge < -0.3 is 10.2 Å². The van der Waals surface area contributed by atoms with E-state index in [0.29, 0.717) is 25.1 Å². The van der Waals surface area contributed by atoms with Crippen LogP contribution in [0.4, 0.5) is 0 Å². The van der Waals surface area contributed by atoms with Crippen molar-refractivity contribution in [3.63, 3.8) is 0 Å². The van der Waals surface area contributed by atoms with Crippen molar-refractivity contribution in [3.05, 3.63) is 65.2 Å². The Morgan fingerprint density at radius 1 is 1.00 bits per heavy atom. The summed E-state index contributed by atoms with van der Waals surface area (Å²) in [5.74, 6) is 0.280. The Kier molecular flexibility index (Phi) is 8.56. The molecule has 2 amide bonds. The summed E-state index contributed by atoms with van der Waals surface area (Å²) in [4.78, 5) is 27.9. The second kappa shape index (κ2) is 11.2. The summed E-state index contributed by atoms with van der Waals surface area (Å²) >= 11 is 1.61. The van der Waals surface area contributed by atoms with Crippen LogP contribution >= 0.6 is 11.8 Å². The second-order valence-corrected chi connectivity index (χ2v) is 11.1. The minimum atomic E-state index is -3.60. The number of piperazine rings is 1. The van der Waals surface area contributed by atoms with Gasteiger partial charge in [-0.1, -0.05) is 35.4 Å². The highest BCUT2D eigenvalue weighted by Gasteiger charge is 2.33. The SMILES string of the molecule is CSCCC(NC(=O)c1cccc(C)c1)C(=O)N1CCN(S(=O)(=O)c2ccc(C)cc2)CC1. The minimum Gasteiger partial charge on any atom is -0.340 e. The van der Waals surface area contributed by atoms with E-state index in [2.05, 4.69) is 5.32 Å². The zero-order valence-corrected chi connectivity index (χ0v) is 20.9. The van der Waals surface area contributed by atoms with Gasteiger partial charge in [0.05, 0.1) is 4.90 Å². The maximum Gasteiger partial charge on any atom is 0.251 e. The first-order chi connectivity index (χ1) is 15.7. The molecule has 1 aliphatic rings. The van der Waals surface area contributed by atoms with Gasteiger partial charge >= 0.3 is 0 Å². The van der Waals surface area contributed by atoms with Gasteiger partial charge in [0.25, 0.3) is 5.91 Å². The number of hydrogen-bond donors (Lipinski definition) is 1. The fraction of sp³-hybridized carbons (Fsp3) is 0.417. The van der Waals surface area contributed by atoms with Crippen molar-refractivity contribution in [2.75, 3.05) is 38.2 Å². The maximum absolute atomic E-state index is 13.2. The highest BCUT2D eigenvalue weighted by atomic mass is 32.2. The molecule has 0 bridgehead atoms. The van der Waals surface area contributed by atoms with Crippen LogP contribution in [0.5, 0.6) is 0 Å². The zero-order chi connectivity index (χ0) is 24.0. The third-order valence-corrected chi connectivity index (χ3v) is 8.26. The van der Waals surface area contributed by atoms with Gasteiger partial charge in [-0.15, -0.1) is 0 Å². The van der Waals surface area contributed by atoms with Gasteiger partial charge in [0.2, 0.25) is 15.9 Å². The standard InChI is InChI=1S/C24H31N3O4S2/c1-18-7-9-21(10-8-18)33(30,31)27-14-12-26(13-15-27)24(29)22(11-16-32-3)25-23(28)20-6-4-5-19(2)17-20/h4-10,17,22H,11-16H2,1-3H3,(H,25,28). The molecule has 1 saturated heterocycles. The van der Waals surface area contributed by atoms with E-state index in [9.17, 15) is 18.0 Å². The topological polar surface area (TPSA) is 86.8 Å². The first kappa shape index (κ1) is 25.3. The Morgan fingerprint density at radius 2 is 1.67 bits per heavy atom. The Hall–Kier alpha value is -2.36. The van der Waals surface area contributed by atoms with Crippen LogP contribution in [0, 0.1) is 13.8 Å². The largest absolute Gasteiger partial charge is 0.340 e. The molecule has 1 aliphatic heterocycles. The minimum absolute atomic E-state index is 0.169. The molecule has 0 spiro atoms. The number of carbonyl (C=O) groups excluding carboxylic acids is 2. The summed E-state index contributed by atoms with van der Waals surface area (Å²) in [6, 6.07) is 13.4. The maximum atomic E-state index is 13.2. The van der Waals surface area contributed by atoms with Crippen LogP contribution in [0.15, 0.2) is 53.4 Å². The van der Waals surface area contributed by atoms with E-state index in [4.69, 9.17) is 0 Å². The molecule has 0 radical (unpaired) electrons. The number of nitrogens with zero attached hydrogens (tertiary/aromatic N) is 2. The number of sulfonamides is 1. The van der Waals surface area contributed by atoms with Crippen LogP contribution in [0.25, 0.3) is 0 Å². The van der Waals surface area contributed by atoms with E-state index in [1.54, 1.807) is 53.1 Å². The Labute approximate surface area is 200 Å². The van der Waals surface area contributed by atoms with Crippen molar-refractivity contribution in [1.82, 2.24) is 14.5 Å². The van der Waals surface area contributed by atoms with Gasteiger partial charge in [-0.2, -0.15) is 16.1 Å². The van der Waals surface area contributed by atoms with Crippen molar-refractivity contribution < 1.29 is 18.0 Å². The molecule has 1 fully saturated rings. The summed E-state index contributed by atoms with van der Waals surface area (Å²) in [6.07, 6.45) is 2.47. The molecule has 1 heterocycles. The number of rotatable bonds is 8. The number of nitrogens with one attached hydrogen (secondary N) is 1. The highest BCUT2D eigenvalue weighted by Crippen LogP contribution is 2.19. The van der Waals surface area contributed by atoms with Crippen LogP contribution in [0.1, 0.15) is 27.9 Å². The lowest BCUT2D eigenvalue weighted by molar-refractivity contribution is -0.134. The molecular weight excluding hydrogens is 458 g/mol. The molecule has 0 aromatic heterocycles. The number of carbonyl (C=O) groups is 2. The Balaban J connectivity index is 1.65. The molecule has 0 aliphatic carbocycles. The van der Waals surface area contributed by atoms with Crippen molar-refractivity contribution in [2.45, 2.75) is 31.2 Å². The van der Waals surface area contributed by atoms with Crippen LogP contribution < -0.4 is 5.32 Å². The van der Waals surface area contributed by atoms with E-state index < -0.39 is 16.1 Å². The van der Waals surface area contributed by atoms with Crippen LogP contribution in [-0.2, 0) is 14.8 Å². The normalized spacial score (nSPS) is 15.8. The number of hydrogen-bond acceptors (Lipinski definition) is 5. The molecule has 1 unspecified atom stereocenters. The first-order valence-corrected chi connectivity index (χ1v) is 13.8. The van der Waals surface area contributed by atoms with Gasteiger partial charge in [-0.3, -0.25) is 9.59 Å². The van der Waals surface area contributed by atoms with E-state index in [1.165, 1.54) is 4.31 Å². The molecule has 3 rings (SSSR count). The van der Waals surface area contributed by atoms with Crippen molar-refractivity contribution in [1.29, 1.82) is 0 Å². The number of benzene rings is 2. The van der Waals surface area contributed by atoms with Crippen LogP contribution in [-0.4, -0.2) is 73.7 Å². The van der Waals surface area contributed by atoms with Gasteiger partial charge in [-0.25, -0.2) is 8.42 Å². The lowest BCUT2D eigenvalue weighted by atomic mass is 10.1. The quantitative estimate of drug-likeness (QED) is 0.616. The number of thioether (sulfide) groups is 1. The third kappa shape index (κ3) is 6.37. The summed E-state index contributed by atoms with van der Waals surface area (Å²) in [6.45, 7) is 4.86. The fourth-order valence-electron chi connectivity index (χ4n) is 3.75. The zero-order valence-electron chi connectivity index (χ0n) is 19.3. The smallest absolute Gasteiger partial charge is 0.251 e. The van der Waals surface area contributed by atoms with E-state index >= 15 is 0 Å². The molecule has 2 aromatic carbocycles. The molecule has 1 N–H and O–H groups in total. The van der Waals surface area contributed by atoms with E-state index in [-0.39, 0.29) is 29.8 Å². The molecule has 0 saturated carbocycles. The molecule has 7 nitrogen and oxygen atoms in total. The van der Waals surface area contributed by atoms with Gasteiger partial charge in [0, 0.05) is 31.7 Å². The summed E-state index contributed by atoms with van der Waals surface area (Å²) in [5.41, 5.74) is 2.49. The van der Waals surface area contributed by atoms with Gasteiger partial charge in [-0.05, 0) is 56.5 Å².